The topological polar surface area (TPSA) is 90.4 Å². The van der Waals surface area contributed by atoms with Crippen LogP contribution in [0.25, 0.3) is 22.6 Å². The van der Waals surface area contributed by atoms with Gasteiger partial charge in [0, 0.05) is 22.6 Å². The van der Waals surface area contributed by atoms with E-state index in [9.17, 15) is 18.4 Å². The van der Waals surface area contributed by atoms with Crippen LogP contribution in [0.5, 0.6) is 5.75 Å². The molecule has 1 fully saturated rings. The Hall–Kier alpha value is -3.85. The van der Waals surface area contributed by atoms with Crippen LogP contribution in [0.4, 0.5) is 13.2 Å². The maximum atomic E-state index is 13.8. The van der Waals surface area contributed by atoms with E-state index in [0.29, 0.717) is 40.8 Å². The molecule has 5 rings (SSSR count). The summed E-state index contributed by atoms with van der Waals surface area (Å²) < 4.78 is 63.9. The van der Waals surface area contributed by atoms with E-state index in [1.54, 1.807) is 49.4 Å². The van der Waals surface area contributed by atoms with E-state index < -0.39 is 17.7 Å². The Balaban J connectivity index is 1.39. The Morgan fingerprint density at radius 2 is 1.76 bits per heavy atom. The lowest BCUT2D eigenvalue weighted by molar-refractivity contribution is -0.153. The molecule has 7 nitrogen and oxygen atoms in total. The summed E-state index contributed by atoms with van der Waals surface area (Å²) in [4.78, 5) is 8.71. The second-order valence-corrected chi connectivity index (χ2v) is 11.2. The van der Waals surface area contributed by atoms with Crippen LogP contribution in [-0.2, 0) is 21.4 Å². The molecule has 1 atom stereocenters. The van der Waals surface area contributed by atoms with Gasteiger partial charge < -0.3 is 18.6 Å². The Bertz CT molecular complexity index is 1610. The molecule has 0 saturated carbocycles. The number of halogens is 3. The molecular weight excluding hydrogens is 567 g/mol. The third-order valence-electron chi connectivity index (χ3n) is 6.73. The summed E-state index contributed by atoms with van der Waals surface area (Å²) in [6, 6.07) is 17.9. The number of hydrogen-bond acceptors (Lipinski definition) is 8. The summed E-state index contributed by atoms with van der Waals surface area (Å²) in [6.07, 6.45) is -4.91. The van der Waals surface area contributed by atoms with Crippen LogP contribution >= 0.6 is 11.8 Å². The molecular formula is C31H28F3N3O4S. The zero-order chi connectivity index (χ0) is 30.1. The number of benzene rings is 2. The number of rotatable bonds is 8. The first kappa shape index (κ1) is 29.6. The lowest BCUT2D eigenvalue weighted by Crippen LogP contribution is -2.25. The van der Waals surface area contributed by atoms with Gasteiger partial charge in [0.15, 0.2) is 5.79 Å². The minimum absolute atomic E-state index is 0.120. The molecule has 1 saturated heterocycles. The quantitative estimate of drug-likeness (QED) is 0.191. The number of thioether (sulfide) groups is 1. The predicted octanol–water partition coefficient (Wildman–Crippen LogP) is 7.73. The van der Waals surface area contributed by atoms with Gasteiger partial charge >= 0.3 is 6.18 Å². The van der Waals surface area contributed by atoms with Crippen molar-refractivity contribution in [2.75, 3.05) is 13.2 Å². The fourth-order valence-corrected chi connectivity index (χ4v) is 5.56. The number of nitriles is 1. The van der Waals surface area contributed by atoms with E-state index in [-0.39, 0.29) is 29.0 Å². The summed E-state index contributed by atoms with van der Waals surface area (Å²) in [7, 11) is 0. The number of ether oxygens (including phenoxy) is 3. The first-order valence-electron chi connectivity index (χ1n) is 13.2. The first-order valence-corrected chi connectivity index (χ1v) is 14.1. The van der Waals surface area contributed by atoms with Crippen LogP contribution < -0.4 is 4.74 Å². The molecule has 0 aliphatic carbocycles. The van der Waals surface area contributed by atoms with Crippen LogP contribution in [0.1, 0.15) is 42.1 Å². The van der Waals surface area contributed by atoms with E-state index in [2.05, 4.69) is 16.0 Å². The largest absolute Gasteiger partial charge is 0.491 e. The second kappa shape index (κ2) is 11.8. The van der Waals surface area contributed by atoms with E-state index in [4.69, 9.17) is 18.6 Å². The summed E-state index contributed by atoms with van der Waals surface area (Å²) in [5.41, 5.74) is 3.32. The van der Waals surface area contributed by atoms with Crippen molar-refractivity contribution in [3.05, 3.63) is 82.9 Å². The molecule has 3 heterocycles. The van der Waals surface area contributed by atoms with Gasteiger partial charge in [-0.25, -0.2) is 9.97 Å². The van der Waals surface area contributed by atoms with Gasteiger partial charge in [0.2, 0.25) is 11.7 Å². The highest BCUT2D eigenvalue weighted by atomic mass is 32.2. The van der Waals surface area contributed by atoms with Gasteiger partial charge in [-0.1, -0.05) is 42.1 Å². The lowest BCUT2D eigenvalue weighted by atomic mass is 9.96. The number of hydrogen-bond donors (Lipinski definition) is 0. The average molecular weight is 596 g/mol. The summed E-state index contributed by atoms with van der Waals surface area (Å²) in [6.45, 7) is 8.14. The molecule has 0 bridgehead atoms. The molecule has 2 aromatic carbocycles. The van der Waals surface area contributed by atoms with Crippen LogP contribution in [0.3, 0.4) is 0 Å². The van der Waals surface area contributed by atoms with Crippen molar-refractivity contribution < 1.29 is 31.8 Å². The molecule has 0 N–H and O–H groups in total. The van der Waals surface area contributed by atoms with E-state index in [1.165, 1.54) is 0 Å². The highest BCUT2D eigenvalue weighted by Crippen LogP contribution is 2.40. The standard InChI is InChI=1S/C31H28F3N3O4S/c1-18-19(2)36-29(42-17-25-27(31(32,33)34)40-28(37-25)21-8-6-5-7-9-21)24(14-35)26(18)20-10-12-22(13-11-20)38-15-23-16-39-30(3,4)41-23/h5-13,23H,15-17H2,1-4H3/t23-/m0/s1. The molecule has 218 valence electrons. The molecule has 1 aliphatic rings. The zero-order valence-corrected chi connectivity index (χ0v) is 24.2. The molecule has 0 spiro atoms. The summed E-state index contributed by atoms with van der Waals surface area (Å²) >= 11 is 1.01. The van der Waals surface area contributed by atoms with Crippen molar-refractivity contribution in [2.24, 2.45) is 0 Å². The third kappa shape index (κ3) is 6.46. The fraction of sp³-hybridized carbons (Fsp3) is 0.323. The van der Waals surface area contributed by atoms with Crippen molar-refractivity contribution in [1.82, 2.24) is 9.97 Å². The number of pyridine rings is 1. The number of aryl methyl sites for hydroxylation is 1. The van der Waals surface area contributed by atoms with Gasteiger partial charge in [-0.2, -0.15) is 18.4 Å². The Labute approximate surface area is 245 Å². The highest BCUT2D eigenvalue weighted by molar-refractivity contribution is 7.98. The van der Waals surface area contributed by atoms with Gasteiger partial charge in [-0.05, 0) is 63.1 Å². The Morgan fingerprint density at radius 3 is 2.38 bits per heavy atom. The van der Waals surface area contributed by atoms with Crippen molar-refractivity contribution in [1.29, 1.82) is 5.26 Å². The van der Waals surface area contributed by atoms with E-state index in [0.717, 1.165) is 22.9 Å². The minimum atomic E-state index is -4.73. The minimum Gasteiger partial charge on any atom is -0.491 e. The van der Waals surface area contributed by atoms with Crippen LogP contribution in [0.2, 0.25) is 0 Å². The zero-order valence-electron chi connectivity index (χ0n) is 23.4. The maximum absolute atomic E-state index is 13.8. The van der Waals surface area contributed by atoms with E-state index >= 15 is 0 Å². The monoisotopic (exact) mass is 595 g/mol. The lowest BCUT2D eigenvalue weighted by Gasteiger charge is -2.17. The molecule has 1 aliphatic heterocycles. The number of alkyl halides is 3. The Kier molecular flexibility index (Phi) is 8.32. The van der Waals surface area contributed by atoms with Gasteiger partial charge in [0.25, 0.3) is 0 Å². The summed E-state index contributed by atoms with van der Waals surface area (Å²) in [5.74, 6) is -1.48. The molecule has 2 aromatic heterocycles. The molecule has 0 unspecified atom stereocenters. The van der Waals surface area contributed by atoms with Crippen LogP contribution in [0, 0.1) is 25.2 Å². The van der Waals surface area contributed by atoms with Crippen molar-refractivity contribution in [2.45, 2.75) is 56.5 Å². The third-order valence-corrected chi connectivity index (χ3v) is 7.72. The SMILES string of the molecule is Cc1nc(SCc2nc(-c3ccccc3)oc2C(F)(F)F)c(C#N)c(-c2ccc(OC[C@H]3COC(C)(C)O3)cc2)c1C. The maximum Gasteiger partial charge on any atom is 0.451 e. The predicted molar refractivity (Wildman–Crippen MR) is 151 cm³/mol. The van der Waals surface area contributed by atoms with E-state index in [1.807, 2.05) is 32.9 Å². The molecule has 42 heavy (non-hydrogen) atoms. The van der Waals surface area contributed by atoms with Crippen LogP contribution in [0.15, 0.2) is 64.0 Å². The normalized spacial score (nSPS) is 16.4. The number of aromatic nitrogens is 2. The van der Waals surface area contributed by atoms with Crippen LogP contribution in [-0.4, -0.2) is 35.1 Å². The first-order chi connectivity index (χ1) is 19.9. The smallest absolute Gasteiger partial charge is 0.451 e. The van der Waals surface area contributed by atoms with Gasteiger partial charge in [0.05, 0.1) is 12.2 Å². The van der Waals surface area contributed by atoms with Crippen molar-refractivity contribution >= 4 is 11.8 Å². The van der Waals surface area contributed by atoms with Gasteiger partial charge in [0.1, 0.15) is 35.2 Å². The second-order valence-electron chi connectivity index (χ2n) is 10.2. The highest BCUT2D eigenvalue weighted by Gasteiger charge is 2.40. The fourth-order valence-electron chi connectivity index (χ4n) is 4.60. The van der Waals surface area contributed by atoms with Gasteiger partial charge in [-0.15, -0.1) is 0 Å². The average Bonchev–Trinajstić information content (AvgIpc) is 3.56. The van der Waals surface area contributed by atoms with Gasteiger partial charge in [-0.3, -0.25) is 0 Å². The van der Waals surface area contributed by atoms with Crippen molar-refractivity contribution in [3.8, 4) is 34.4 Å². The molecule has 11 heteroatoms. The summed E-state index contributed by atoms with van der Waals surface area (Å²) in [5, 5.41) is 10.5. The van der Waals surface area contributed by atoms with Crippen molar-refractivity contribution in [3.63, 3.8) is 0 Å². The molecule has 0 amide bonds. The number of oxazole rings is 1. The molecule has 4 aromatic rings. The Morgan fingerprint density at radius 1 is 1.05 bits per heavy atom. The number of nitrogens with zero attached hydrogens (tertiary/aromatic N) is 3. The molecule has 0 radical (unpaired) electrons.